The molecule has 1 fully saturated rings. The molecule has 5 N–H and O–H groups in total. The highest BCUT2D eigenvalue weighted by molar-refractivity contribution is 5.42. The molecule has 0 saturated carbocycles. The van der Waals surface area contributed by atoms with Gasteiger partial charge in [0.15, 0.2) is 5.82 Å². The molecule has 0 amide bonds. The van der Waals surface area contributed by atoms with Crippen molar-refractivity contribution in [3.05, 3.63) is 12.4 Å². The molecule has 0 aromatic carbocycles. The maximum atomic E-state index is 9.52. The zero-order chi connectivity index (χ0) is 12.1. The van der Waals surface area contributed by atoms with Crippen molar-refractivity contribution in [3.8, 4) is 0 Å². The second-order valence-electron chi connectivity index (χ2n) is 4.11. The van der Waals surface area contributed by atoms with Gasteiger partial charge in [-0.25, -0.2) is 10.8 Å². The van der Waals surface area contributed by atoms with Crippen molar-refractivity contribution in [3.63, 3.8) is 0 Å². The zero-order valence-corrected chi connectivity index (χ0v) is 9.52. The van der Waals surface area contributed by atoms with Crippen molar-refractivity contribution in [2.24, 2.45) is 5.84 Å². The van der Waals surface area contributed by atoms with Crippen LogP contribution in [0.1, 0.15) is 12.8 Å². The number of hydrogen-bond donors (Lipinski definition) is 4. The number of rotatable bonds is 4. The Hall–Kier alpha value is -1.44. The molecule has 1 aromatic heterocycles. The molecule has 0 bridgehead atoms. The summed E-state index contributed by atoms with van der Waals surface area (Å²) in [5.74, 6) is 6.34. The highest BCUT2D eigenvalue weighted by atomic mass is 16.5. The first-order valence-electron chi connectivity index (χ1n) is 5.53. The smallest absolute Gasteiger partial charge is 0.160 e. The standard InChI is InChI=1S/C10H17N5O2/c11-15-9-6-12-5-8(13-9)14-10(7-16)1-3-17-4-2-10/h5-6,16H,1-4,7,11H2,(H2,13,14,15). The molecule has 0 aliphatic carbocycles. The summed E-state index contributed by atoms with van der Waals surface area (Å²) >= 11 is 0. The minimum atomic E-state index is -0.375. The van der Waals surface area contributed by atoms with Gasteiger partial charge in [-0.1, -0.05) is 0 Å². The van der Waals surface area contributed by atoms with Gasteiger partial charge in [-0.2, -0.15) is 0 Å². The predicted molar refractivity (Wildman–Crippen MR) is 63.3 cm³/mol. The Kier molecular flexibility index (Phi) is 3.72. The first-order chi connectivity index (χ1) is 8.28. The van der Waals surface area contributed by atoms with Gasteiger partial charge in [-0.15, -0.1) is 0 Å². The normalized spacial score (nSPS) is 18.7. The predicted octanol–water partition coefficient (Wildman–Crippen LogP) is -0.284. The average Bonchev–Trinajstić information content (AvgIpc) is 2.40. The molecule has 0 unspecified atom stereocenters. The van der Waals surface area contributed by atoms with Crippen LogP contribution in [0.25, 0.3) is 0 Å². The van der Waals surface area contributed by atoms with Crippen LogP contribution in [0, 0.1) is 0 Å². The topological polar surface area (TPSA) is 105 Å². The number of ether oxygens (including phenoxy) is 1. The molecule has 17 heavy (non-hydrogen) atoms. The molecule has 94 valence electrons. The van der Waals surface area contributed by atoms with E-state index in [1.807, 2.05) is 0 Å². The number of nitrogens with zero attached hydrogens (tertiary/aromatic N) is 2. The van der Waals surface area contributed by atoms with E-state index in [-0.39, 0.29) is 12.1 Å². The van der Waals surface area contributed by atoms with E-state index in [4.69, 9.17) is 10.6 Å². The fraction of sp³-hybridized carbons (Fsp3) is 0.600. The Morgan fingerprint density at radius 1 is 1.35 bits per heavy atom. The van der Waals surface area contributed by atoms with Crippen LogP contribution in [0.4, 0.5) is 11.6 Å². The fourth-order valence-corrected chi connectivity index (χ4v) is 1.85. The summed E-state index contributed by atoms with van der Waals surface area (Å²) in [4.78, 5) is 8.22. The van der Waals surface area contributed by atoms with Gasteiger partial charge in [0.25, 0.3) is 0 Å². The third-order valence-corrected chi connectivity index (χ3v) is 2.93. The molecule has 1 aliphatic rings. The van der Waals surface area contributed by atoms with Crippen LogP contribution in [0.15, 0.2) is 12.4 Å². The third kappa shape index (κ3) is 2.82. The number of nitrogen functional groups attached to an aromatic ring is 1. The van der Waals surface area contributed by atoms with Gasteiger partial charge in [0.2, 0.25) is 0 Å². The molecule has 0 spiro atoms. The molecule has 7 nitrogen and oxygen atoms in total. The van der Waals surface area contributed by atoms with E-state index in [0.717, 1.165) is 12.8 Å². The summed E-state index contributed by atoms with van der Waals surface area (Å²) in [7, 11) is 0. The lowest BCUT2D eigenvalue weighted by molar-refractivity contribution is 0.0378. The van der Waals surface area contributed by atoms with E-state index in [2.05, 4.69) is 20.7 Å². The summed E-state index contributed by atoms with van der Waals surface area (Å²) in [5, 5.41) is 12.7. The van der Waals surface area contributed by atoms with Crippen LogP contribution < -0.4 is 16.6 Å². The van der Waals surface area contributed by atoms with Gasteiger partial charge < -0.3 is 20.6 Å². The lowest BCUT2D eigenvalue weighted by atomic mass is 9.91. The van der Waals surface area contributed by atoms with Crippen LogP contribution in [0.2, 0.25) is 0 Å². The molecule has 1 aliphatic heterocycles. The zero-order valence-electron chi connectivity index (χ0n) is 9.52. The Morgan fingerprint density at radius 2 is 2.06 bits per heavy atom. The monoisotopic (exact) mass is 239 g/mol. The Bertz CT molecular complexity index is 367. The molecular weight excluding hydrogens is 222 g/mol. The van der Waals surface area contributed by atoms with E-state index in [0.29, 0.717) is 24.8 Å². The third-order valence-electron chi connectivity index (χ3n) is 2.93. The quantitative estimate of drug-likeness (QED) is 0.423. The highest BCUT2D eigenvalue weighted by Gasteiger charge is 2.32. The summed E-state index contributed by atoms with van der Waals surface area (Å²) < 4.78 is 5.29. The van der Waals surface area contributed by atoms with E-state index in [1.165, 1.54) is 6.20 Å². The molecule has 0 atom stereocenters. The SMILES string of the molecule is NNc1cncc(NC2(CO)CCOCC2)n1. The van der Waals surface area contributed by atoms with Gasteiger partial charge in [-0.3, -0.25) is 4.98 Å². The summed E-state index contributed by atoms with van der Waals surface area (Å²) in [5.41, 5.74) is 2.06. The van der Waals surface area contributed by atoms with Crippen LogP contribution in [-0.2, 0) is 4.74 Å². The lowest BCUT2D eigenvalue weighted by Crippen LogP contribution is -2.47. The van der Waals surface area contributed by atoms with Crippen LogP contribution in [-0.4, -0.2) is 40.4 Å². The van der Waals surface area contributed by atoms with Crippen molar-refractivity contribution in [2.45, 2.75) is 18.4 Å². The molecule has 1 aromatic rings. The summed E-state index contributed by atoms with van der Waals surface area (Å²) in [6, 6.07) is 0. The first kappa shape index (κ1) is 12.0. The summed E-state index contributed by atoms with van der Waals surface area (Å²) in [6.07, 6.45) is 4.62. The van der Waals surface area contributed by atoms with E-state index >= 15 is 0 Å². The fourth-order valence-electron chi connectivity index (χ4n) is 1.85. The van der Waals surface area contributed by atoms with E-state index < -0.39 is 0 Å². The minimum Gasteiger partial charge on any atom is -0.394 e. The molecule has 2 heterocycles. The average molecular weight is 239 g/mol. The number of anilines is 2. The van der Waals surface area contributed by atoms with Crippen molar-refractivity contribution in [1.29, 1.82) is 0 Å². The second kappa shape index (κ2) is 5.26. The maximum absolute atomic E-state index is 9.52. The van der Waals surface area contributed by atoms with E-state index in [9.17, 15) is 5.11 Å². The number of aromatic nitrogens is 2. The second-order valence-corrected chi connectivity index (χ2v) is 4.11. The summed E-state index contributed by atoms with van der Waals surface area (Å²) in [6.45, 7) is 1.31. The minimum absolute atomic E-state index is 0.0400. The van der Waals surface area contributed by atoms with Gasteiger partial charge >= 0.3 is 0 Å². The lowest BCUT2D eigenvalue weighted by Gasteiger charge is -2.36. The van der Waals surface area contributed by atoms with Crippen molar-refractivity contribution < 1.29 is 9.84 Å². The Morgan fingerprint density at radius 3 is 2.71 bits per heavy atom. The first-order valence-corrected chi connectivity index (χ1v) is 5.53. The molecule has 2 rings (SSSR count). The van der Waals surface area contributed by atoms with Crippen molar-refractivity contribution >= 4 is 11.6 Å². The highest BCUT2D eigenvalue weighted by Crippen LogP contribution is 2.24. The number of hydrazine groups is 1. The van der Waals surface area contributed by atoms with Crippen LogP contribution >= 0.6 is 0 Å². The molecular formula is C10H17N5O2. The van der Waals surface area contributed by atoms with E-state index in [1.54, 1.807) is 6.20 Å². The van der Waals surface area contributed by atoms with Crippen molar-refractivity contribution in [1.82, 2.24) is 9.97 Å². The largest absolute Gasteiger partial charge is 0.394 e. The maximum Gasteiger partial charge on any atom is 0.160 e. The number of aliphatic hydroxyl groups is 1. The van der Waals surface area contributed by atoms with Gasteiger partial charge in [0.1, 0.15) is 5.82 Å². The van der Waals surface area contributed by atoms with Crippen molar-refractivity contribution in [2.75, 3.05) is 30.6 Å². The molecule has 0 radical (unpaired) electrons. The number of aliphatic hydroxyl groups excluding tert-OH is 1. The number of nitrogens with two attached hydrogens (primary N) is 1. The van der Waals surface area contributed by atoms with Gasteiger partial charge in [0, 0.05) is 13.2 Å². The Balaban J connectivity index is 2.11. The number of hydrogen-bond acceptors (Lipinski definition) is 7. The molecule has 7 heteroatoms. The Labute approximate surface area is 99.4 Å². The molecule has 1 saturated heterocycles. The van der Waals surface area contributed by atoms with Gasteiger partial charge in [-0.05, 0) is 12.8 Å². The van der Waals surface area contributed by atoms with Crippen LogP contribution in [0.5, 0.6) is 0 Å². The number of nitrogens with one attached hydrogen (secondary N) is 2. The van der Waals surface area contributed by atoms with Gasteiger partial charge in [0.05, 0.1) is 24.5 Å². The van der Waals surface area contributed by atoms with Crippen LogP contribution in [0.3, 0.4) is 0 Å².